The quantitative estimate of drug-likeness (QED) is 0.913. The summed E-state index contributed by atoms with van der Waals surface area (Å²) in [6.07, 6.45) is 4.14. The van der Waals surface area contributed by atoms with Crippen LogP contribution in [0.25, 0.3) is 0 Å². The van der Waals surface area contributed by atoms with Crippen LogP contribution in [0.3, 0.4) is 0 Å². The Morgan fingerprint density at radius 3 is 2.89 bits per heavy atom. The summed E-state index contributed by atoms with van der Waals surface area (Å²) in [7, 11) is 0. The second-order valence-corrected chi connectivity index (χ2v) is 5.08. The van der Waals surface area contributed by atoms with Gasteiger partial charge in [-0.3, -0.25) is 0 Å². The molecule has 100 valence electrons. The van der Waals surface area contributed by atoms with Crippen molar-refractivity contribution in [1.82, 2.24) is 15.5 Å². The summed E-state index contributed by atoms with van der Waals surface area (Å²) in [6.45, 7) is 2.06. The fourth-order valence-corrected chi connectivity index (χ4v) is 2.50. The minimum atomic E-state index is 0.395. The van der Waals surface area contributed by atoms with Crippen molar-refractivity contribution in [2.45, 2.75) is 31.6 Å². The van der Waals surface area contributed by atoms with E-state index >= 15 is 0 Å². The van der Waals surface area contributed by atoms with Gasteiger partial charge in [-0.1, -0.05) is 35.5 Å². The van der Waals surface area contributed by atoms with Crippen molar-refractivity contribution in [2.24, 2.45) is 0 Å². The highest BCUT2D eigenvalue weighted by Crippen LogP contribution is 2.21. The molecule has 2 heterocycles. The highest BCUT2D eigenvalue weighted by molar-refractivity contribution is 5.15. The summed E-state index contributed by atoms with van der Waals surface area (Å²) in [5, 5.41) is 7.47. The summed E-state index contributed by atoms with van der Waals surface area (Å²) in [5.74, 6) is 2.02. The maximum atomic E-state index is 5.39. The van der Waals surface area contributed by atoms with E-state index in [1.54, 1.807) is 0 Å². The van der Waals surface area contributed by atoms with Gasteiger partial charge in [0.05, 0.1) is 5.92 Å². The molecule has 0 bridgehead atoms. The van der Waals surface area contributed by atoms with Gasteiger partial charge in [0.1, 0.15) is 0 Å². The second kappa shape index (κ2) is 5.97. The van der Waals surface area contributed by atoms with Gasteiger partial charge in [-0.2, -0.15) is 4.98 Å². The Morgan fingerprint density at radius 2 is 2.11 bits per heavy atom. The number of aryl methyl sites for hydroxylation is 2. The molecule has 0 spiro atoms. The third-order valence-corrected chi connectivity index (χ3v) is 3.61. The van der Waals surface area contributed by atoms with Crippen LogP contribution in [0.1, 0.15) is 36.0 Å². The van der Waals surface area contributed by atoms with Crippen molar-refractivity contribution in [3.05, 3.63) is 47.6 Å². The van der Waals surface area contributed by atoms with E-state index in [0.29, 0.717) is 5.92 Å². The molecule has 0 unspecified atom stereocenters. The van der Waals surface area contributed by atoms with Crippen molar-refractivity contribution < 1.29 is 4.52 Å². The minimum Gasteiger partial charge on any atom is -0.339 e. The molecule has 1 aromatic carbocycles. The molecule has 4 heteroatoms. The van der Waals surface area contributed by atoms with Crippen LogP contribution >= 0.6 is 0 Å². The van der Waals surface area contributed by atoms with Gasteiger partial charge in [-0.05, 0) is 31.4 Å². The van der Waals surface area contributed by atoms with Crippen LogP contribution in [0.4, 0.5) is 0 Å². The van der Waals surface area contributed by atoms with Gasteiger partial charge >= 0.3 is 0 Å². The molecule has 1 aliphatic heterocycles. The number of rotatable bonds is 4. The first-order chi connectivity index (χ1) is 9.42. The third-order valence-electron chi connectivity index (χ3n) is 3.61. The summed E-state index contributed by atoms with van der Waals surface area (Å²) in [5.41, 5.74) is 1.31. The number of piperidine rings is 1. The molecule has 3 rings (SSSR count). The van der Waals surface area contributed by atoms with Gasteiger partial charge in [0.25, 0.3) is 0 Å². The van der Waals surface area contributed by atoms with Crippen LogP contribution in [-0.4, -0.2) is 23.2 Å². The number of nitrogens with one attached hydrogen (secondary N) is 1. The Kier molecular flexibility index (Phi) is 3.89. The lowest BCUT2D eigenvalue weighted by atomic mass is 10.00. The standard InChI is InChI=1S/C15H19N3O/c1-2-5-12(6-3-1)8-9-14-17-15(19-18-14)13-7-4-10-16-11-13/h1-3,5-6,13,16H,4,7-11H2/t13-/m0/s1. The molecule has 2 aromatic rings. The van der Waals surface area contributed by atoms with E-state index in [9.17, 15) is 0 Å². The largest absolute Gasteiger partial charge is 0.339 e. The number of nitrogens with zero attached hydrogens (tertiary/aromatic N) is 2. The van der Waals surface area contributed by atoms with Crippen LogP contribution in [0, 0.1) is 0 Å². The normalized spacial score (nSPS) is 19.5. The van der Waals surface area contributed by atoms with Crippen molar-refractivity contribution in [1.29, 1.82) is 0 Å². The number of hydrogen-bond donors (Lipinski definition) is 1. The molecule has 1 fully saturated rings. The molecular weight excluding hydrogens is 238 g/mol. The fraction of sp³-hybridized carbons (Fsp3) is 0.467. The maximum absolute atomic E-state index is 5.39. The van der Waals surface area contributed by atoms with E-state index in [-0.39, 0.29) is 0 Å². The van der Waals surface area contributed by atoms with Gasteiger partial charge in [-0.15, -0.1) is 0 Å². The molecule has 1 aromatic heterocycles. The first kappa shape index (κ1) is 12.4. The lowest BCUT2D eigenvalue weighted by Gasteiger charge is -2.18. The zero-order chi connectivity index (χ0) is 12.9. The number of benzene rings is 1. The van der Waals surface area contributed by atoms with Crippen LogP contribution in [0.5, 0.6) is 0 Å². The Balaban J connectivity index is 1.58. The van der Waals surface area contributed by atoms with Gasteiger partial charge in [-0.25, -0.2) is 0 Å². The molecule has 4 nitrogen and oxygen atoms in total. The zero-order valence-electron chi connectivity index (χ0n) is 11.0. The molecule has 1 N–H and O–H groups in total. The van der Waals surface area contributed by atoms with Gasteiger partial charge in [0.15, 0.2) is 5.82 Å². The van der Waals surface area contributed by atoms with E-state index in [2.05, 4.69) is 39.7 Å². The molecule has 1 atom stereocenters. The molecule has 0 aliphatic carbocycles. The third kappa shape index (κ3) is 3.20. The second-order valence-electron chi connectivity index (χ2n) is 5.08. The predicted octanol–water partition coefficient (Wildman–Crippen LogP) is 2.32. The average Bonchev–Trinajstić information content (AvgIpc) is 2.96. The van der Waals surface area contributed by atoms with Gasteiger partial charge in [0.2, 0.25) is 5.89 Å². The van der Waals surface area contributed by atoms with E-state index in [0.717, 1.165) is 44.1 Å². The average molecular weight is 257 g/mol. The highest BCUT2D eigenvalue weighted by atomic mass is 16.5. The molecule has 0 saturated carbocycles. The van der Waals surface area contributed by atoms with Crippen molar-refractivity contribution in [2.75, 3.05) is 13.1 Å². The smallest absolute Gasteiger partial charge is 0.231 e. The van der Waals surface area contributed by atoms with Crippen LogP contribution in [0.2, 0.25) is 0 Å². The summed E-state index contributed by atoms with van der Waals surface area (Å²) < 4.78 is 5.39. The fourth-order valence-electron chi connectivity index (χ4n) is 2.50. The van der Waals surface area contributed by atoms with E-state index in [1.165, 1.54) is 12.0 Å². The SMILES string of the molecule is c1ccc(CCc2noc([C@H]3CCCNC3)n2)cc1. The highest BCUT2D eigenvalue weighted by Gasteiger charge is 2.21. The molecule has 0 radical (unpaired) electrons. The molecule has 19 heavy (non-hydrogen) atoms. The molecule has 1 aliphatic rings. The first-order valence-electron chi connectivity index (χ1n) is 6.99. The van der Waals surface area contributed by atoms with Crippen LogP contribution in [-0.2, 0) is 12.8 Å². The van der Waals surface area contributed by atoms with Crippen LogP contribution < -0.4 is 5.32 Å². The van der Waals surface area contributed by atoms with Gasteiger partial charge in [0, 0.05) is 13.0 Å². The Bertz CT molecular complexity index is 503. The Labute approximate surface area is 113 Å². The monoisotopic (exact) mass is 257 g/mol. The lowest BCUT2D eigenvalue weighted by molar-refractivity contribution is 0.320. The summed E-state index contributed by atoms with van der Waals surface area (Å²) in [6, 6.07) is 10.4. The van der Waals surface area contributed by atoms with E-state index in [1.807, 2.05) is 6.07 Å². The Hall–Kier alpha value is -1.68. The first-order valence-corrected chi connectivity index (χ1v) is 6.99. The number of hydrogen-bond acceptors (Lipinski definition) is 4. The van der Waals surface area contributed by atoms with Crippen molar-refractivity contribution in [3.8, 4) is 0 Å². The number of aromatic nitrogens is 2. The van der Waals surface area contributed by atoms with E-state index in [4.69, 9.17) is 4.52 Å². The zero-order valence-corrected chi connectivity index (χ0v) is 11.0. The lowest BCUT2D eigenvalue weighted by Crippen LogP contribution is -2.28. The molecule has 1 saturated heterocycles. The van der Waals surface area contributed by atoms with Crippen LogP contribution in [0.15, 0.2) is 34.9 Å². The van der Waals surface area contributed by atoms with Crippen molar-refractivity contribution in [3.63, 3.8) is 0 Å². The Morgan fingerprint density at radius 1 is 1.21 bits per heavy atom. The van der Waals surface area contributed by atoms with Gasteiger partial charge < -0.3 is 9.84 Å². The minimum absolute atomic E-state index is 0.395. The maximum Gasteiger partial charge on any atom is 0.231 e. The predicted molar refractivity (Wildman–Crippen MR) is 73.0 cm³/mol. The molecule has 0 amide bonds. The topological polar surface area (TPSA) is 51.0 Å². The summed E-state index contributed by atoms with van der Waals surface area (Å²) >= 11 is 0. The summed E-state index contributed by atoms with van der Waals surface area (Å²) in [4.78, 5) is 4.53. The van der Waals surface area contributed by atoms with Crippen molar-refractivity contribution >= 4 is 0 Å². The molecular formula is C15H19N3O. The van der Waals surface area contributed by atoms with E-state index < -0.39 is 0 Å².